The van der Waals surface area contributed by atoms with Crippen molar-refractivity contribution in [2.75, 3.05) is 6.61 Å². The summed E-state index contributed by atoms with van der Waals surface area (Å²) in [6.07, 6.45) is 3.18. The van der Waals surface area contributed by atoms with E-state index in [-0.39, 0.29) is 11.6 Å². The average Bonchev–Trinajstić information content (AvgIpc) is 3.16. The van der Waals surface area contributed by atoms with Crippen LogP contribution >= 0.6 is 0 Å². The van der Waals surface area contributed by atoms with Crippen molar-refractivity contribution >= 4 is 33.3 Å². The molecule has 0 saturated heterocycles. The van der Waals surface area contributed by atoms with Crippen LogP contribution in [0.4, 0.5) is 4.39 Å². The normalized spacial score (nSPS) is 12.6. The number of rotatable bonds is 5. The summed E-state index contributed by atoms with van der Waals surface area (Å²) in [5.41, 5.74) is 3.14. The number of benzene rings is 1. The smallest absolute Gasteiger partial charge is 0.359 e. The fraction of sp³-hybridized carbons (Fsp3) is 0.263. The number of hydrogen-bond donors (Lipinski definition) is 1. The van der Waals surface area contributed by atoms with Gasteiger partial charge in [-0.05, 0) is 6.92 Å². The molecule has 0 radical (unpaired) electrons. The molecule has 0 saturated carbocycles. The van der Waals surface area contributed by atoms with E-state index in [0.717, 1.165) is 22.5 Å². The second-order valence-electron chi connectivity index (χ2n) is 6.66. The molecule has 1 aromatic carbocycles. The molecule has 1 N–H and O–H groups in total. The van der Waals surface area contributed by atoms with E-state index < -0.39 is 5.82 Å². The molecule has 4 aromatic rings. The zero-order valence-electron chi connectivity index (χ0n) is 15.3. The van der Waals surface area contributed by atoms with Crippen LogP contribution in [-0.4, -0.2) is 43.0 Å². The van der Waals surface area contributed by atoms with Crippen LogP contribution in [-0.2, 0) is 0 Å². The number of fused-ring (bicyclic) bond motifs is 2. The Bertz CT molecular complexity index is 1140. The molecule has 0 aliphatic carbocycles. The Labute approximate surface area is 164 Å². The van der Waals surface area contributed by atoms with Gasteiger partial charge >= 0.3 is 146 Å². The minimum atomic E-state index is -0.420. The Morgan fingerprint density at radius 3 is 2.89 bits per heavy atom. The molecule has 0 bridgehead atoms. The van der Waals surface area contributed by atoms with E-state index in [9.17, 15) is 4.39 Å². The zero-order valence-corrected chi connectivity index (χ0v) is 17.7. The summed E-state index contributed by atoms with van der Waals surface area (Å²) in [5.74, 6) is 0.713. The summed E-state index contributed by atoms with van der Waals surface area (Å²) in [6, 6.07) is 5.15. The van der Waals surface area contributed by atoms with Gasteiger partial charge < -0.3 is 4.98 Å². The molecule has 0 aliphatic rings. The van der Waals surface area contributed by atoms with Crippen molar-refractivity contribution in [3.8, 4) is 17.4 Å². The fourth-order valence-electron chi connectivity index (χ4n) is 3.02. The maximum absolute atomic E-state index is 14.9. The first-order chi connectivity index (χ1) is 12.9. The third kappa shape index (κ3) is 3.28. The van der Waals surface area contributed by atoms with Crippen LogP contribution in [0.1, 0.15) is 18.2 Å². The summed E-state index contributed by atoms with van der Waals surface area (Å²) in [7, 11) is 0. The Morgan fingerprint density at radius 2 is 2.11 bits per heavy atom. The monoisotopic (exact) mass is 430 g/mol. The number of H-pyrrole nitrogens is 1. The van der Waals surface area contributed by atoms with Crippen LogP contribution in [0, 0.1) is 19.7 Å². The number of ether oxygens (including phenoxy) is 2. The summed E-state index contributed by atoms with van der Waals surface area (Å²) >= 11 is 1.63. The van der Waals surface area contributed by atoms with Crippen molar-refractivity contribution in [2.45, 2.75) is 25.5 Å². The van der Waals surface area contributed by atoms with Gasteiger partial charge in [0.25, 0.3) is 0 Å². The van der Waals surface area contributed by atoms with E-state index in [1.807, 2.05) is 13.8 Å². The zero-order chi connectivity index (χ0) is 19.1. The Kier molecular flexibility index (Phi) is 4.56. The predicted octanol–water partition coefficient (Wildman–Crippen LogP) is 3.58. The van der Waals surface area contributed by atoms with E-state index in [4.69, 9.17) is 9.47 Å². The standard InChI is InChI=1S/C19H20AsFN4O2/c1-10(20)8-26-16-7-25-18(12(16)3)19(22-9-23-25)27-15-5-4-14-13(17(15)21)6-11(2)24-14/h4-7,9-10,24H,8,20H2,1-3H3. The minimum Gasteiger partial charge on any atom is -0.359 e. The number of nitrogens with zero attached hydrogens (tertiary/aromatic N) is 3. The number of halogens is 1. The molecule has 3 heterocycles. The Balaban J connectivity index is 1.75. The number of nitrogens with one attached hydrogen (secondary N) is 1. The third-order valence-corrected chi connectivity index (χ3v) is 4.70. The van der Waals surface area contributed by atoms with Crippen molar-refractivity contribution in [3.05, 3.63) is 47.8 Å². The van der Waals surface area contributed by atoms with Crippen LogP contribution in [0.5, 0.6) is 17.4 Å². The summed E-state index contributed by atoms with van der Waals surface area (Å²) in [6.45, 7) is 6.54. The van der Waals surface area contributed by atoms with Gasteiger partial charge in [-0.2, -0.15) is 0 Å². The Morgan fingerprint density at radius 1 is 1.30 bits per heavy atom. The molecule has 140 valence electrons. The molecule has 0 aliphatic heterocycles. The summed E-state index contributed by atoms with van der Waals surface area (Å²) in [4.78, 5) is 7.33. The minimum absolute atomic E-state index is 0.120. The first-order valence-electron chi connectivity index (χ1n) is 8.61. The van der Waals surface area contributed by atoms with E-state index in [1.54, 1.807) is 45.8 Å². The number of hydrogen-bond acceptors (Lipinski definition) is 4. The summed E-state index contributed by atoms with van der Waals surface area (Å²) in [5, 5.41) is 4.71. The van der Waals surface area contributed by atoms with Crippen molar-refractivity contribution in [1.29, 1.82) is 0 Å². The molecule has 0 spiro atoms. The first-order valence-corrected chi connectivity index (χ1v) is 10.0. The second-order valence-corrected chi connectivity index (χ2v) is 9.05. The number of aryl methyl sites for hydroxylation is 2. The molecule has 6 nitrogen and oxygen atoms in total. The second kappa shape index (κ2) is 6.89. The predicted molar refractivity (Wildman–Crippen MR) is 104 cm³/mol. The molecule has 0 fully saturated rings. The first kappa shape index (κ1) is 17.9. The molecule has 8 heteroatoms. The van der Waals surface area contributed by atoms with E-state index in [0.29, 0.717) is 22.2 Å². The van der Waals surface area contributed by atoms with Gasteiger partial charge in [-0.25, -0.2) is 0 Å². The van der Waals surface area contributed by atoms with Crippen LogP contribution in [0.25, 0.3) is 16.4 Å². The Hall–Kier alpha value is -2.53. The van der Waals surface area contributed by atoms with Gasteiger partial charge in [0.15, 0.2) is 0 Å². The SMILES string of the molecule is Cc1cc2c(F)c(Oc3ncnn4cc(OCC(C)[AsH2])c(C)c34)ccc2[nH]1. The van der Waals surface area contributed by atoms with Gasteiger partial charge in [0.2, 0.25) is 0 Å². The van der Waals surface area contributed by atoms with Crippen molar-refractivity contribution in [3.63, 3.8) is 0 Å². The summed E-state index contributed by atoms with van der Waals surface area (Å²) < 4.78 is 28.7. The maximum atomic E-state index is 14.9. The van der Waals surface area contributed by atoms with E-state index in [2.05, 4.69) is 22.0 Å². The number of aromatic nitrogens is 4. The van der Waals surface area contributed by atoms with Crippen LogP contribution in [0.15, 0.2) is 30.7 Å². The molecular weight excluding hydrogens is 410 g/mol. The van der Waals surface area contributed by atoms with Crippen LogP contribution in [0.2, 0.25) is 4.71 Å². The molecule has 27 heavy (non-hydrogen) atoms. The molecule has 4 rings (SSSR count). The van der Waals surface area contributed by atoms with Gasteiger partial charge in [0, 0.05) is 5.69 Å². The molecule has 2 atom stereocenters. The van der Waals surface area contributed by atoms with E-state index in [1.165, 1.54) is 6.33 Å². The molecule has 3 aromatic heterocycles. The fourth-order valence-corrected chi connectivity index (χ4v) is 3.22. The van der Waals surface area contributed by atoms with Crippen molar-refractivity contribution < 1.29 is 13.9 Å². The average molecular weight is 430 g/mol. The van der Waals surface area contributed by atoms with Gasteiger partial charge in [-0.3, -0.25) is 0 Å². The van der Waals surface area contributed by atoms with Crippen LogP contribution < -0.4 is 9.47 Å². The number of aromatic amines is 1. The van der Waals surface area contributed by atoms with Gasteiger partial charge in [-0.15, -0.1) is 0 Å². The molecular formula is C19H20AsFN4O2. The topological polar surface area (TPSA) is 64.4 Å². The van der Waals surface area contributed by atoms with Crippen LogP contribution in [0.3, 0.4) is 0 Å². The quantitative estimate of drug-likeness (QED) is 0.492. The molecule has 2 unspecified atom stereocenters. The van der Waals surface area contributed by atoms with Gasteiger partial charge in [0.05, 0.1) is 0 Å². The van der Waals surface area contributed by atoms with E-state index >= 15 is 0 Å². The third-order valence-electron chi connectivity index (χ3n) is 4.29. The molecule has 0 amide bonds. The van der Waals surface area contributed by atoms with Crippen molar-refractivity contribution in [2.24, 2.45) is 0 Å². The van der Waals surface area contributed by atoms with Gasteiger partial charge in [-0.1, -0.05) is 0 Å². The van der Waals surface area contributed by atoms with Gasteiger partial charge in [0.1, 0.15) is 0 Å². The van der Waals surface area contributed by atoms with Crippen molar-refractivity contribution in [1.82, 2.24) is 19.6 Å².